The van der Waals surface area contributed by atoms with Gasteiger partial charge in [0.05, 0.1) is 12.7 Å². The molecule has 0 aliphatic carbocycles. The molecule has 0 aliphatic heterocycles. The molecule has 0 fully saturated rings. The second-order valence-electron chi connectivity index (χ2n) is 2.43. The van der Waals surface area contributed by atoms with Crippen LogP contribution >= 0.6 is 0 Å². The summed E-state index contributed by atoms with van der Waals surface area (Å²) in [6.45, 7) is 1.96. The van der Waals surface area contributed by atoms with Crippen molar-refractivity contribution in [2.75, 3.05) is 6.61 Å². The summed E-state index contributed by atoms with van der Waals surface area (Å²) in [5.74, 6) is 0. The molecule has 0 radical (unpaired) electrons. The Bertz CT molecular complexity index is 184. The predicted octanol–water partition coefficient (Wildman–Crippen LogP) is -0.772. The van der Waals surface area contributed by atoms with Gasteiger partial charge in [0, 0.05) is 0 Å². The van der Waals surface area contributed by atoms with Gasteiger partial charge in [-0.15, -0.1) is 0 Å². The zero-order valence-corrected chi connectivity index (χ0v) is 8.24. The van der Waals surface area contributed by atoms with E-state index in [0.29, 0.717) is 0 Å². The van der Waals surface area contributed by atoms with Crippen molar-refractivity contribution < 1.29 is 27.7 Å². The van der Waals surface area contributed by atoms with E-state index in [2.05, 4.69) is 6.92 Å². The van der Waals surface area contributed by atoms with Crippen LogP contribution in [0, 0.1) is 0 Å². The second kappa shape index (κ2) is 11.9. The van der Waals surface area contributed by atoms with E-state index in [4.69, 9.17) is 27.7 Å². The van der Waals surface area contributed by atoms with Crippen LogP contribution in [0.5, 0.6) is 0 Å². The Hall–Kier alpha value is 0.790. The van der Waals surface area contributed by atoms with E-state index >= 15 is 0 Å². The molecule has 1 unspecified atom stereocenters. The van der Waals surface area contributed by atoms with Gasteiger partial charge in [0.1, 0.15) is 0 Å². The average Bonchev–Trinajstić information content (AvgIpc) is 1.97. The average molecular weight is 240 g/mol. The fourth-order valence-corrected chi connectivity index (χ4v) is 0.531. The maximum atomic E-state index is 8.74. The molecule has 0 saturated carbocycles. The van der Waals surface area contributed by atoms with E-state index in [1.165, 1.54) is 0 Å². The van der Waals surface area contributed by atoms with Crippen LogP contribution in [0.15, 0.2) is 0 Å². The van der Waals surface area contributed by atoms with Gasteiger partial charge in [-0.2, -0.15) is 8.42 Å². The topological polar surface area (TPSA) is 115 Å². The fraction of sp³-hybridized carbons (Fsp3) is 1.00. The molecule has 1 atom stereocenters. The van der Waals surface area contributed by atoms with Crippen LogP contribution in [0.1, 0.15) is 26.2 Å². The van der Waals surface area contributed by atoms with Gasteiger partial charge < -0.3 is 10.2 Å². The van der Waals surface area contributed by atoms with Gasteiger partial charge in [0.2, 0.25) is 0 Å². The Morgan fingerprint density at radius 2 is 1.64 bits per heavy atom. The Kier molecular flexibility index (Phi) is 17.1. The molecule has 0 aromatic carbocycles. The second-order valence-corrected chi connectivity index (χ2v) is 3.32. The molecule has 14 heavy (non-hydrogen) atoms. The molecule has 0 aromatic rings. The molecular weight excluding hydrogens is 223 g/mol. The van der Waals surface area contributed by atoms with Crippen molar-refractivity contribution >= 4 is 40.0 Å². The molecule has 0 saturated heterocycles. The Labute approximate surface area is 106 Å². The number of hydrogen-bond donors (Lipinski definition) is 4. The van der Waals surface area contributed by atoms with Crippen molar-refractivity contribution in [2.24, 2.45) is 0 Å². The fourth-order valence-electron chi connectivity index (χ4n) is 0.531. The molecule has 0 spiro atoms. The molecular formula is C6H17NaO6S. The number of aliphatic hydroxyl groups is 2. The molecule has 0 amide bonds. The molecule has 84 valence electrons. The van der Waals surface area contributed by atoms with E-state index in [-0.39, 0.29) is 36.2 Å². The Balaban J connectivity index is -0.000000177. The third-order valence-electron chi connectivity index (χ3n) is 1.10. The summed E-state index contributed by atoms with van der Waals surface area (Å²) in [6, 6.07) is 0. The first kappa shape index (κ1) is 20.2. The van der Waals surface area contributed by atoms with Crippen molar-refractivity contribution in [1.82, 2.24) is 0 Å². The monoisotopic (exact) mass is 240 g/mol. The van der Waals surface area contributed by atoms with Crippen LogP contribution in [0.4, 0.5) is 0 Å². The van der Waals surface area contributed by atoms with Crippen LogP contribution in [0.25, 0.3) is 0 Å². The van der Waals surface area contributed by atoms with Gasteiger partial charge in [-0.25, -0.2) is 0 Å². The molecule has 6 nitrogen and oxygen atoms in total. The van der Waals surface area contributed by atoms with Crippen molar-refractivity contribution in [3.05, 3.63) is 0 Å². The van der Waals surface area contributed by atoms with E-state index in [0.717, 1.165) is 19.3 Å². The molecule has 0 aliphatic rings. The summed E-state index contributed by atoms with van der Waals surface area (Å²) in [4.78, 5) is 0. The molecule has 4 N–H and O–H groups in total. The first-order valence-corrected chi connectivity index (χ1v) is 5.19. The zero-order valence-electron chi connectivity index (χ0n) is 7.42. The van der Waals surface area contributed by atoms with E-state index in [9.17, 15) is 0 Å². The van der Waals surface area contributed by atoms with Gasteiger partial charge in [-0.05, 0) is 6.42 Å². The Morgan fingerprint density at radius 3 is 1.86 bits per heavy atom. The SMILES string of the molecule is CCCCC(O)CO.O=S(=O)(O)O.[NaH]. The van der Waals surface area contributed by atoms with Crippen LogP contribution in [0.2, 0.25) is 0 Å². The maximum absolute atomic E-state index is 8.74. The predicted molar refractivity (Wildman–Crippen MR) is 53.9 cm³/mol. The van der Waals surface area contributed by atoms with Gasteiger partial charge in [-0.3, -0.25) is 9.11 Å². The number of unbranched alkanes of at least 4 members (excludes halogenated alkanes) is 1. The molecule has 8 heteroatoms. The van der Waals surface area contributed by atoms with Crippen LogP contribution in [0.3, 0.4) is 0 Å². The van der Waals surface area contributed by atoms with Crippen LogP contribution in [-0.4, -0.2) is 70.0 Å². The summed E-state index contributed by atoms with van der Waals surface area (Å²) in [5.41, 5.74) is 0. The standard InChI is InChI=1S/C6H14O2.Na.H2O4S.H/c1-2-3-4-6(8)5-7;;1-5(2,3)4;/h6-8H,2-5H2,1H3;;(H2,1,2,3,4);. The number of hydrogen-bond acceptors (Lipinski definition) is 4. The summed E-state index contributed by atoms with van der Waals surface area (Å²) in [5, 5.41) is 17.1. The first-order valence-electron chi connectivity index (χ1n) is 3.80. The van der Waals surface area contributed by atoms with Crippen LogP contribution < -0.4 is 0 Å². The van der Waals surface area contributed by atoms with Gasteiger partial charge >= 0.3 is 40.0 Å². The van der Waals surface area contributed by atoms with Crippen molar-refractivity contribution in [1.29, 1.82) is 0 Å². The van der Waals surface area contributed by atoms with Crippen molar-refractivity contribution in [2.45, 2.75) is 32.3 Å². The minimum atomic E-state index is -4.67. The minimum absolute atomic E-state index is 0. The van der Waals surface area contributed by atoms with Crippen molar-refractivity contribution in [3.63, 3.8) is 0 Å². The summed E-state index contributed by atoms with van der Waals surface area (Å²) < 4.78 is 31.6. The third kappa shape index (κ3) is 38.6. The van der Waals surface area contributed by atoms with E-state index in [1.54, 1.807) is 0 Å². The number of rotatable bonds is 4. The van der Waals surface area contributed by atoms with Crippen LogP contribution in [-0.2, 0) is 10.4 Å². The summed E-state index contributed by atoms with van der Waals surface area (Å²) in [7, 11) is -4.67. The number of aliphatic hydroxyl groups excluding tert-OH is 2. The third-order valence-corrected chi connectivity index (χ3v) is 1.10. The van der Waals surface area contributed by atoms with Crippen molar-refractivity contribution in [3.8, 4) is 0 Å². The molecule has 0 bridgehead atoms. The molecule has 0 rings (SSSR count). The van der Waals surface area contributed by atoms with E-state index in [1.807, 2.05) is 0 Å². The quantitative estimate of drug-likeness (QED) is 0.379. The summed E-state index contributed by atoms with van der Waals surface area (Å²) in [6.07, 6.45) is 2.32. The summed E-state index contributed by atoms with van der Waals surface area (Å²) >= 11 is 0. The zero-order chi connectivity index (χ0) is 10.9. The van der Waals surface area contributed by atoms with Gasteiger partial charge in [-0.1, -0.05) is 19.8 Å². The molecule has 0 heterocycles. The van der Waals surface area contributed by atoms with Gasteiger partial charge in [0.15, 0.2) is 0 Å². The van der Waals surface area contributed by atoms with E-state index < -0.39 is 16.5 Å². The Morgan fingerprint density at radius 1 is 1.29 bits per heavy atom. The molecule has 0 aromatic heterocycles. The first-order chi connectivity index (χ1) is 5.81. The van der Waals surface area contributed by atoms with Gasteiger partial charge in [0.25, 0.3) is 0 Å². The normalized spacial score (nSPS) is 12.1.